The molecule has 0 atom stereocenters. The Morgan fingerprint density at radius 1 is 1.02 bits per heavy atom. The van der Waals surface area contributed by atoms with Gasteiger partial charge in [0.05, 0.1) is 23.1 Å². The summed E-state index contributed by atoms with van der Waals surface area (Å²) in [5.41, 5.74) is 1.27. The van der Waals surface area contributed by atoms with Gasteiger partial charge in [0.25, 0.3) is 23.5 Å². The number of allylic oxidation sites excluding steroid dienone is 5. The smallest absolute Gasteiger partial charge is 0.358 e. The van der Waals surface area contributed by atoms with Crippen molar-refractivity contribution in [2.75, 3.05) is 33.5 Å². The summed E-state index contributed by atoms with van der Waals surface area (Å²) in [4.78, 5) is 59.6. The van der Waals surface area contributed by atoms with Crippen LogP contribution >= 0.6 is 0 Å². The third kappa shape index (κ3) is 10.6. The zero-order valence-corrected chi connectivity index (χ0v) is 25.2. The van der Waals surface area contributed by atoms with Crippen molar-refractivity contribution in [1.82, 2.24) is 25.1 Å². The van der Waals surface area contributed by atoms with Crippen LogP contribution in [0.4, 0.5) is 17.6 Å². The Hall–Kier alpha value is -5.07. The Labute approximate surface area is 258 Å². The number of carbonyl (C=O) groups is 4. The van der Waals surface area contributed by atoms with E-state index in [2.05, 4.69) is 21.9 Å². The van der Waals surface area contributed by atoms with Gasteiger partial charge < -0.3 is 20.1 Å². The van der Waals surface area contributed by atoms with Crippen LogP contribution in [0.3, 0.4) is 0 Å². The van der Waals surface area contributed by atoms with E-state index in [1.54, 1.807) is 56.3 Å². The summed E-state index contributed by atoms with van der Waals surface area (Å²) in [6, 6.07) is 9.75. The van der Waals surface area contributed by atoms with Crippen LogP contribution in [-0.4, -0.2) is 82.9 Å². The van der Waals surface area contributed by atoms with E-state index < -0.39 is 37.0 Å². The third-order valence-corrected chi connectivity index (χ3v) is 6.30. The molecule has 0 radical (unpaired) electrons. The number of amides is 3. The molecule has 3 amide bonds. The van der Waals surface area contributed by atoms with Crippen LogP contribution < -0.4 is 5.32 Å². The van der Waals surface area contributed by atoms with Gasteiger partial charge in [0.2, 0.25) is 0 Å². The minimum Gasteiger partial charge on any atom is -0.358 e. The molecular formula is C32H35F4N5O4. The number of carbonyl (C=O) groups excluding carboxylic acids is 4. The Morgan fingerprint density at radius 2 is 1.69 bits per heavy atom. The molecule has 0 aliphatic carbocycles. The van der Waals surface area contributed by atoms with Gasteiger partial charge >= 0.3 is 6.18 Å². The Balaban J connectivity index is 0.000000498. The number of benzene rings is 1. The Morgan fingerprint density at radius 3 is 2.27 bits per heavy atom. The van der Waals surface area contributed by atoms with Crippen molar-refractivity contribution in [3.63, 3.8) is 0 Å². The largest absolute Gasteiger partial charge is 0.393 e. The lowest BCUT2D eigenvalue weighted by atomic mass is 10.1. The zero-order chi connectivity index (χ0) is 33.6. The SMILES string of the molecule is C=C(/C=C\C=C/C)CC(F)(F)F.CCN(CCN(CF)C(=O)c1ccccc1)C(=O)C(=O)c1c[nH]c2c(C(=O)NC)ccnc12. The number of likely N-dealkylation sites (N-methyl/N-ethyl adjacent to an activating group) is 1. The lowest BCUT2D eigenvalue weighted by Crippen LogP contribution is -2.43. The molecule has 0 bridgehead atoms. The average Bonchev–Trinajstić information content (AvgIpc) is 3.46. The second kappa shape index (κ2) is 17.3. The molecule has 45 heavy (non-hydrogen) atoms. The lowest BCUT2D eigenvalue weighted by molar-refractivity contribution is -0.127. The molecule has 3 aromatic rings. The summed E-state index contributed by atoms with van der Waals surface area (Å²) >= 11 is 0. The molecule has 0 unspecified atom stereocenters. The summed E-state index contributed by atoms with van der Waals surface area (Å²) in [6.45, 7) is 5.80. The summed E-state index contributed by atoms with van der Waals surface area (Å²) in [7, 11) is 1.48. The van der Waals surface area contributed by atoms with Crippen molar-refractivity contribution >= 4 is 34.5 Å². The predicted molar refractivity (Wildman–Crippen MR) is 163 cm³/mol. The van der Waals surface area contributed by atoms with E-state index >= 15 is 0 Å². The van der Waals surface area contributed by atoms with E-state index in [9.17, 15) is 36.7 Å². The zero-order valence-electron chi connectivity index (χ0n) is 25.2. The first-order valence-electron chi connectivity index (χ1n) is 13.8. The number of rotatable bonds is 12. The maximum Gasteiger partial charge on any atom is 0.393 e. The fourth-order valence-electron chi connectivity index (χ4n) is 4.02. The quantitative estimate of drug-likeness (QED) is 0.0884. The number of nitrogens with one attached hydrogen (secondary N) is 2. The first kappa shape index (κ1) is 36.1. The van der Waals surface area contributed by atoms with E-state index in [1.165, 1.54) is 42.6 Å². The maximum atomic E-state index is 13.5. The van der Waals surface area contributed by atoms with Crippen molar-refractivity contribution in [2.24, 2.45) is 0 Å². The fourth-order valence-corrected chi connectivity index (χ4v) is 4.02. The number of alkyl halides is 4. The monoisotopic (exact) mass is 629 g/mol. The number of hydrogen-bond acceptors (Lipinski definition) is 5. The van der Waals surface area contributed by atoms with E-state index in [0.717, 1.165) is 4.90 Å². The molecule has 240 valence electrons. The topological polar surface area (TPSA) is 115 Å². The maximum absolute atomic E-state index is 13.5. The molecule has 0 spiro atoms. The van der Waals surface area contributed by atoms with Crippen molar-refractivity contribution < 1.29 is 36.7 Å². The number of aromatic nitrogens is 2. The molecule has 3 rings (SSSR count). The molecule has 2 heterocycles. The highest BCUT2D eigenvalue weighted by molar-refractivity contribution is 6.44. The minimum atomic E-state index is -4.16. The van der Waals surface area contributed by atoms with Gasteiger partial charge in [0.1, 0.15) is 5.52 Å². The highest BCUT2D eigenvalue weighted by Gasteiger charge is 2.28. The normalized spacial score (nSPS) is 11.3. The van der Waals surface area contributed by atoms with E-state index in [1.807, 2.05) is 0 Å². The van der Waals surface area contributed by atoms with Crippen LogP contribution in [0.5, 0.6) is 0 Å². The summed E-state index contributed by atoms with van der Waals surface area (Å²) in [5.74, 6) is -2.49. The number of H-pyrrole nitrogens is 1. The Bertz CT molecular complexity index is 1550. The number of Topliss-reactive ketones (excluding diaryl/α,β-unsaturated/α-hetero) is 1. The number of halogens is 4. The summed E-state index contributed by atoms with van der Waals surface area (Å²) in [6.07, 6.45) is 3.90. The fraction of sp³-hybridized carbons (Fsp3) is 0.281. The molecule has 0 aliphatic heterocycles. The van der Waals surface area contributed by atoms with Gasteiger partial charge in [-0.3, -0.25) is 24.2 Å². The number of fused-ring (bicyclic) bond motifs is 1. The number of nitrogens with zero attached hydrogens (tertiary/aromatic N) is 3. The van der Waals surface area contributed by atoms with Crippen LogP contribution in [0.25, 0.3) is 11.0 Å². The first-order chi connectivity index (χ1) is 21.4. The molecule has 0 saturated heterocycles. The second-order valence-electron chi connectivity index (χ2n) is 9.47. The van der Waals surface area contributed by atoms with Gasteiger partial charge in [-0.2, -0.15) is 13.2 Å². The molecular weight excluding hydrogens is 594 g/mol. The third-order valence-electron chi connectivity index (χ3n) is 6.30. The Kier molecular flexibility index (Phi) is 13.9. The average molecular weight is 630 g/mol. The lowest BCUT2D eigenvalue weighted by Gasteiger charge is -2.25. The van der Waals surface area contributed by atoms with Gasteiger partial charge in [0.15, 0.2) is 6.80 Å². The van der Waals surface area contributed by atoms with E-state index in [4.69, 9.17) is 0 Å². The van der Waals surface area contributed by atoms with Gasteiger partial charge in [-0.05, 0) is 37.6 Å². The molecule has 2 N–H and O–H groups in total. The van der Waals surface area contributed by atoms with Gasteiger partial charge in [0, 0.05) is 44.6 Å². The summed E-state index contributed by atoms with van der Waals surface area (Å²) < 4.78 is 48.6. The molecule has 2 aromatic heterocycles. The minimum absolute atomic E-state index is 0.0250. The molecule has 0 fully saturated rings. The van der Waals surface area contributed by atoms with Gasteiger partial charge in [-0.25, -0.2) is 4.39 Å². The second-order valence-corrected chi connectivity index (χ2v) is 9.47. The number of aromatic amines is 1. The van der Waals surface area contributed by atoms with Crippen molar-refractivity contribution in [1.29, 1.82) is 0 Å². The molecule has 1 aromatic carbocycles. The molecule has 13 heteroatoms. The highest BCUT2D eigenvalue weighted by atomic mass is 19.4. The van der Waals surface area contributed by atoms with Crippen molar-refractivity contribution in [3.05, 3.63) is 102 Å². The van der Waals surface area contributed by atoms with Crippen LogP contribution in [0, 0.1) is 0 Å². The molecule has 9 nitrogen and oxygen atoms in total. The number of hydrogen-bond donors (Lipinski definition) is 2. The van der Waals surface area contributed by atoms with E-state index in [-0.39, 0.29) is 42.2 Å². The van der Waals surface area contributed by atoms with Crippen LogP contribution in [0.2, 0.25) is 0 Å². The van der Waals surface area contributed by atoms with Gasteiger partial charge in [-0.15, -0.1) is 0 Å². The first-order valence-corrected chi connectivity index (χ1v) is 13.8. The molecule has 0 aliphatic rings. The number of pyridine rings is 1. The predicted octanol–water partition coefficient (Wildman–Crippen LogP) is 5.65. The highest BCUT2D eigenvalue weighted by Crippen LogP contribution is 2.24. The summed E-state index contributed by atoms with van der Waals surface area (Å²) in [5, 5.41) is 2.51. The standard InChI is InChI=1S/C23H24FN5O4.C9H11F3/c1-3-28(11-12-29(14-24)22(32)15-7-5-4-6-8-15)23(33)20(30)17-13-27-18-16(21(31)25-2)9-10-26-19(17)18;1-3-4-5-6-8(2)7-9(10,11)12/h4-10,13,27H,3,11-12,14H2,1-2H3,(H,25,31);3-6H,2,7H2,1H3/b;4-3-,6-5-. The van der Waals surface area contributed by atoms with Gasteiger partial charge in [-0.1, -0.05) is 49.1 Å². The van der Waals surface area contributed by atoms with E-state index in [0.29, 0.717) is 16.6 Å². The molecule has 0 saturated carbocycles. The van der Waals surface area contributed by atoms with Crippen LogP contribution in [-0.2, 0) is 4.79 Å². The van der Waals surface area contributed by atoms with Crippen molar-refractivity contribution in [2.45, 2.75) is 26.4 Å². The van der Waals surface area contributed by atoms with Crippen LogP contribution in [0.1, 0.15) is 51.3 Å². The number of ketones is 1. The van der Waals surface area contributed by atoms with Crippen molar-refractivity contribution in [3.8, 4) is 0 Å². The van der Waals surface area contributed by atoms with Crippen LogP contribution in [0.15, 0.2) is 85.2 Å².